The van der Waals surface area contributed by atoms with Crippen LogP contribution < -0.4 is 5.43 Å². The van der Waals surface area contributed by atoms with Gasteiger partial charge in [-0.2, -0.15) is 5.10 Å². The first-order valence-electron chi connectivity index (χ1n) is 6.23. The summed E-state index contributed by atoms with van der Waals surface area (Å²) in [7, 11) is 1.68. The van der Waals surface area contributed by atoms with Gasteiger partial charge in [-0.1, -0.05) is 0 Å². The smallest absolute Gasteiger partial charge is 0.207 e. The van der Waals surface area contributed by atoms with E-state index in [1.807, 2.05) is 19.9 Å². The molecule has 0 fully saturated rings. The van der Waals surface area contributed by atoms with Gasteiger partial charge < -0.3 is 0 Å². The van der Waals surface area contributed by atoms with Crippen molar-refractivity contribution in [3.8, 4) is 5.69 Å². The molecule has 0 aliphatic heterocycles. The Morgan fingerprint density at radius 1 is 1.40 bits per heavy atom. The van der Waals surface area contributed by atoms with Gasteiger partial charge in [0.05, 0.1) is 11.9 Å². The molecule has 0 aliphatic rings. The number of hydrogen-bond acceptors (Lipinski definition) is 4. The van der Waals surface area contributed by atoms with Gasteiger partial charge in [0.1, 0.15) is 5.69 Å². The first kappa shape index (κ1) is 13.9. The van der Waals surface area contributed by atoms with Gasteiger partial charge in [0.2, 0.25) is 5.43 Å². The van der Waals surface area contributed by atoms with Gasteiger partial charge in [-0.15, -0.1) is 0 Å². The standard InChI is InChI=1S/C15H16N4O/c1-11-8-13(10-17-9-11)19-7-5-14(20)15(18-19)12(2)4-6-16-3/h4-10H,1-3H3/b12-4+,16-6?. The van der Waals surface area contributed by atoms with Crippen LogP contribution in [0.5, 0.6) is 0 Å². The molecule has 2 aromatic rings. The van der Waals surface area contributed by atoms with E-state index in [0.717, 1.165) is 16.8 Å². The number of pyridine rings is 1. The molecule has 0 saturated heterocycles. The van der Waals surface area contributed by atoms with Crippen LogP contribution in [0.2, 0.25) is 0 Å². The number of allylic oxidation sites excluding steroid dienone is 2. The summed E-state index contributed by atoms with van der Waals surface area (Å²) in [6.45, 7) is 3.80. The van der Waals surface area contributed by atoms with Crippen molar-refractivity contribution in [3.05, 3.63) is 58.3 Å². The minimum atomic E-state index is -0.111. The molecule has 2 heterocycles. The van der Waals surface area contributed by atoms with Gasteiger partial charge >= 0.3 is 0 Å². The van der Waals surface area contributed by atoms with E-state index in [9.17, 15) is 4.79 Å². The van der Waals surface area contributed by atoms with E-state index >= 15 is 0 Å². The first-order chi connectivity index (χ1) is 9.61. The van der Waals surface area contributed by atoms with Crippen molar-refractivity contribution in [2.24, 2.45) is 4.99 Å². The van der Waals surface area contributed by atoms with Crippen molar-refractivity contribution in [1.29, 1.82) is 0 Å². The number of hydrogen-bond donors (Lipinski definition) is 0. The van der Waals surface area contributed by atoms with E-state index in [2.05, 4.69) is 15.1 Å². The first-order valence-corrected chi connectivity index (χ1v) is 6.23. The monoisotopic (exact) mass is 268 g/mol. The summed E-state index contributed by atoms with van der Waals surface area (Å²) in [5.41, 5.74) is 2.93. The quantitative estimate of drug-likeness (QED) is 0.800. The fourth-order valence-corrected chi connectivity index (χ4v) is 1.75. The molecule has 102 valence electrons. The topological polar surface area (TPSA) is 60.1 Å². The molecule has 5 heteroatoms. The van der Waals surface area contributed by atoms with Gasteiger partial charge in [-0.3, -0.25) is 14.8 Å². The van der Waals surface area contributed by atoms with Crippen LogP contribution in [0.4, 0.5) is 0 Å². The minimum absolute atomic E-state index is 0.111. The van der Waals surface area contributed by atoms with Crippen LogP contribution in [0.15, 0.2) is 46.6 Å². The van der Waals surface area contributed by atoms with E-state index in [1.165, 1.54) is 6.07 Å². The molecule has 0 aromatic carbocycles. The highest BCUT2D eigenvalue weighted by atomic mass is 16.1. The Morgan fingerprint density at radius 3 is 2.90 bits per heavy atom. The molecule has 2 aromatic heterocycles. The maximum atomic E-state index is 11.9. The van der Waals surface area contributed by atoms with Crippen molar-refractivity contribution in [3.63, 3.8) is 0 Å². The summed E-state index contributed by atoms with van der Waals surface area (Å²) in [4.78, 5) is 19.9. The lowest BCUT2D eigenvalue weighted by Gasteiger charge is -2.07. The lowest BCUT2D eigenvalue weighted by atomic mass is 10.2. The molecule has 0 amide bonds. The number of aliphatic imine (C=N–C) groups is 1. The van der Waals surface area contributed by atoms with Crippen molar-refractivity contribution < 1.29 is 0 Å². The van der Waals surface area contributed by atoms with Crippen molar-refractivity contribution in [2.45, 2.75) is 13.8 Å². The van der Waals surface area contributed by atoms with Crippen LogP contribution in [0.3, 0.4) is 0 Å². The molecule has 0 atom stereocenters. The highest BCUT2D eigenvalue weighted by Crippen LogP contribution is 2.09. The maximum absolute atomic E-state index is 11.9. The summed E-state index contributed by atoms with van der Waals surface area (Å²) < 4.78 is 1.65. The Kier molecular flexibility index (Phi) is 4.20. The predicted molar refractivity (Wildman–Crippen MR) is 80.4 cm³/mol. The number of aryl methyl sites for hydroxylation is 1. The number of aromatic nitrogens is 3. The predicted octanol–water partition coefficient (Wildman–Crippen LogP) is 2.04. The second-order valence-electron chi connectivity index (χ2n) is 4.45. The highest BCUT2D eigenvalue weighted by Gasteiger charge is 2.05. The van der Waals surface area contributed by atoms with Crippen LogP contribution in [-0.2, 0) is 0 Å². The molecule has 20 heavy (non-hydrogen) atoms. The third-order valence-corrected chi connectivity index (χ3v) is 2.78. The molecule has 0 spiro atoms. The number of nitrogens with zero attached hydrogens (tertiary/aromatic N) is 4. The van der Waals surface area contributed by atoms with Crippen LogP contribution in [-0.4, -0.2) is 28.0 Å². The molecule has 0 bridgehead atoms. The van der Waals surface area contributed by atoms with E-state index in [4.69, 9.17) is 0 Å². The van der Waals surface area contributed by atoms with Gasteiger partial charge in [0, 0.05) is 31.7 Å². The molecule has 0 N–H and O–H groups in total. The zero-order valence-electron chi connectivity index (χ0n) is 11.7. The molecule has 2 rings (SSSR count). The summed E-state index contributed by atoms with van der Waals surface area (Å²) >= 11 is 0. The van der Waals surface area contributed by atoms with Gasteiger partial charge in [0.15, 0.2) is 0 Å². The normalized spacial score (nSPS) is 12.1. The summed E-state index contributed by atoms with van der Waals surface area (Å²) in [6, 6.07) is 3.46. The van der Waals surface area contributed by atoms with E-state index < -0.39 is 0 Å². The molecule has 0 unspecified atom stereocenters. The van der Waals surface area contributed by atoms with Crippen LogP contribution >= 0.6 is 0 Å². The summed E-state index contributed by atoms with van der Waals surface area (Å²) in [5, 5.41) is 4.37. The minimum Gasteiger partial charge on any atom is -0.297 e. The SMILES string of the molecule is CN=C/C=C(\C)c1nn(-c2cncc(C)c2)ccc1=O. The van der Waals surface area contributed by atoms with E-state index in [-0.39, 0.29) is 5.43 Å². The average Bonchev–Trinajstić information content (AvgIpc) is 2.45. The second kappa shape index (κ2) is 6.06. The third-order valence-electron chi connectivity index (χ3n) is 2.78. The molecule has 0 aliphatic carbocycles. The largest absolute Gasteiger partial charge is 0.297 e. The Labute approximate surface area is 117 Å². The summed E-state index contributed by atoms with van der Waals surface area (Å²) in [5.74, 6) is 0. The van der Waals surface area contributed by atoms with Crippen molar-refractivity contribution in [1.82, 2.24) is 14.8 Å². The zero-order valence-corrected chi connectivity index (χ0v) is 11.7. The molecular formula is C15H16N4O. The summed E-state index contributed by atoms with van der Waals surface area (Å²) in [6.07, 6.45) is 8.53. The fourth-order valence-electron chi connectivity index (χ4n) is 1.75. The van der Waals surface area contributed by atoms with Crippen LogP contribution in [0.25, 0.3) is 11.3 Å². The van der Waals surface area contributed by atoms with Crippen molar-refractivity contribution in [2.75, 3.05) is 7.05 Å². The highest BCUT2D eigenvalue weighted by molar-refractivity contribution is 5.82. The van der Waals surface area contributed by atoms with Crippen molar-refractivity contribution >= 4 is 11.8 Å². The Bertz CT molecular complexity index is 729. The Balaban J connectivity index is 2.51. The van der Waals surface area contributed by atoms with Crippen LogP contribution in [0.1, 0.15) is 18.2 Å². The lowest BCUT2D eigenvalue weighted by Crippen LogP contribution is -2.15. The third kappa shape index (κ3) is 3.06. The molecule has 5 nitrogen and oxygen atoms in total. The maximum Gasteiger partial charge on any atom is 0.207 e. The van der Waals surface area contributed by atoms with Gasteiger partial charge in [-0.25, -0.2) is 4.68 Å². The molecule has 0 saturated carbocycles. The van der Waals surface area contributed by atoms with E-state index in [1.54, 1.807) is 42.6 Å². The van der Waals surface area contributed by atoms with Gasteiger partial charge in [-0.05, 0) is 37.1 Å². The second-order valence-corrected chi connectivity index (χ2v) is 4.45. The Hall–Kier alpha value is -2.56. The molecular weight excluding hydrogens is 252 g/mol. The van der Waals surface area contributed by atoms with Crippen LogP contribution in [0, 0.1) is 6.92 Å². The van der Waals surface area contributed by atoms with E-state index in [0.29, 0.717) is 5.69 Å². The van der Waals surface area contributed by atoms with Gasteiger partial charge in [0.25, 0.3) is 0 Å². The number of rotatable bonds is 3. The fraction of sp³-hybridized carbons (Fsp3) is 0.200. The lowest BCUT2D eigenvalue weighted by molar-refractivity contribution is 0.819. The zero-order chi connectivity index (χ0) is 14.5. The Morgan fingerprint density at radius 2 is 2.20 bits per heavy atom. The molecule has 0 radical (unpaired) electrons. The average molecular weight is 268 g/mol.